The van der Waals surface area contributed by atoms with Crippen LogP contribution in [-0.4, -0.2) is 48.2 Å². The number of hydrogen-bond acceptors (Lipinski definition) is 6. The van der Waals surface area contributed by atoms with Crippen molar-refractivity contribution in [2.45, 2.75) is 38.6 Å². The smallest absolute Gasteiger partial charge is 0.294 e. The quantitative estimate of drug-likeness (QED) is 0.602. The van der Waals surface area contributed by atoms with Crippen LogP contribution in [0.25, 0.3) is 6.08 Å². The van der Waals surface area contributed by atoms with E-state index >= 15 is 0 Å². The first-order valence-corrected chi connectivity index (χ1v) is 12.0. The number of hydrogen-bond donors (Lipinski definition) is 1. The molecular weight excluding hydrogens is 450 g/mol. The van der Waals surface area contributed by atoms with E-state index in [0.717, 1.165) is 28.6 Å². The van der Waals surface area contributed by atoms with Gasteiger partial charge < -0.3 is 15.0 Å². The standard InChI is InChI=1S/C26H29N3O4S/c1-16-14-26(2,3)28(4)21-11-6-17(12-20(16)21)13-22-24(31)29(25(32)34-22)15-23(30)27-18-7-9-19(33-5)10-8-18/h6-13,16H,14-15H2,1-5H3,(H,27,30)/b22-13-/t16-/m0/s1. The molecule has 1 atom stereocenters. The highest BCUT2D eigenvalue weighted by molar-refractivity contribution is 8.18. The lowest BCUT2D eigenvalue weighted by Crippen LogP contribution is -2.45. The van der Waals surface area contributed by atoms with Crippen molar-refractivity contribution in [2.24, 2.45) is 0 Å². The Kier molecular flexibility index (Phi) is 6.45. The molecule has 0 aromatic heterocycles. The zero-order valence-electron chi connectivity index (χ0n) is 20.0. The number of ether oxygens (including phenoxy) is 1. The molecule has 0 radical (unpaired) electrons. The van der Waals surface area contributed by atoms with Crippen molar-refractivity contribution in [3.63, 3.8) is 0 Å². The van der Waals surface area contributed by atoms with Crippen LogP contribution in [0.1, 0.15) is 44.2 Å². The predicted molar refractivity (Wildman–Crippen MR) is 136 cm³/mol. The number of rotatable bonds is 5. The summed E-state index contributed by atoms with van der Waals surface area (Å²) < 4.78 is 5.10. The molecule has 8 heteroatoms. The molecule has 7 nitrogen and oxygen atoms in total. The minimum absolute atomic E-state index is 0.0724. The van der Waals surface area contributed by atoms with E-state index in [2.05, 4.69) is 50.2 Å². The van der Waals surface area contributed by atoms with Gasteiger partial charge in [0.05, 0.1) is 12.0 Å². The van der Waals surface area contributed by atoms with Gasteiger partial charge in [0.2, 0.25) is 5.91 Å². The average molecular weight is 480 g/mol. The fraction of sp³-hybridized carbons (Fsp3) is 0.346. The molecule has 2 aliphatic heterocycles. The largest absolute Gasteiger partial charge is 0.497 e. The third-order valence-corrected chi connectivity index (χ3v) is 7.41. The van der Waals surface area contributed by atoms with Crippen molar-refractivity contribution in [1.29, 1.82) is 0 Å². The molecule has 0 unspecified atom stereocenters. The monoisotopic (exact) mass is 479 g/mol. The molecule has 178 valence electrons. The Morgan fingerprint density at radius 3 is 2.59 bits per heavy atom. The first-order valence-electron chi connectivity index (χ1n) is 11.2. The lowest BCUT2D eigenvalue weighted by molar-refractivity contribution is -0.127. The maximum absolute atomic E-state index is 12.9. The van der Waals surface area contributed by atoms with Gasteiger partial charge in [-0.3, -0.25) is 19.3 Å². The van der Waals surface area contributed by atoms with Crippen LogP contribution in [0.4, 0.5) is 16.2 Å². The molecule has 2 aliphatic rings. The third-order valence-electron chi connectivity index (χ3n) is 6.50. The van der Waals surface area contributed by atoms with Crippen molar-refractivity contribution < 1.29 is 19.1 Å². The minimum Gasteiger partial charge on any atom is -0.497 e. The summed E-state index contributed by atoms with van der Waals surface area (Å²) in [7, 11) is 3.66. The second-order valence-electron chi connectivity index (χ2n) is 9.34. The van der Waals surface area contributed by atoms with Crippen molar-refractivity contribution in [3.05, 3.63) is 58.5 Å². The molecule has 2 heterocycles. The summed E-state index contributed by atoms with van der Waals surface area (Å²) >= 11 is 0.860. The molecule has 3 amide bonds. The summed E-state index contributed by atoms with van der Waals surface area (Å²) in [6, 6.07) is 13.0. The zero-order chi connectivity index (χ0) is 24.6. The third kappa shape index (κ3) is 4.68. The van der Waals surface area contributed by atoms with Gasteiger partial charge in [-0.05, 0) is 91.5 Å². The molecule has 0 aliphatic carbocycles. The van der Waals surface area contributed by atoms with Crippen LogP contribution in [0.2, 0.25) is 0 Å². The van der Waals surface area contributed by atoms with Gasteiger partial charge in [0, 0.05) is 24.0 Å². The molecule has 0 bridgehead atoms. The predicted octanol–water partition coefficient (Wildman–Crippen LogP) is 5.09. The van der Waals surface area contributed by atoms with Crippen LogP contribution >= 0.6 is 11.8 Å². The van der Waals surface area contributed by atoms with E-state index in [9.17, 15) is 14.4 Å². The summed E-state index contributed by atoms with van der Waals surface area (Å²) in [5, 5.41) is 2.25. The van der Waals surface area contributed by atoms with Gasteiger partial charge in [-0.15, -0.1) is 0 Å². The Morgan fingerprint density at radius 1 is 1.21 bits per heavy atom. The van der Waals surface area contributed by atoms with Gasteiger partial charge in [-0.25, -0.2) is 0 Å². The van der Waals surface area contributed by atoms with E-state index in [-0.39, 0.29) is 12.1 Å². The number of thioether (sulfide) groups is 1. The molecule has 2 aromatic carbocycles. The highest BCUT2D eigenvalue weighted by Gasteiger charge is 2.37. The van der Waals surface area contributed by atoms with Crippen molar-refractivity contribution >= 4 is 46.3 Å². The SMILES string of the molecule is COc1ccc(NC(=O)CN2C(=O)S/C(=C\c3ccc4c(c3)[C@@H](C)CC(C)(C)N4C)C2=O)cc1. The Balaban J connectivity index is 1.47. The molecular formula is C26H29N3O4S. The van der Waals surface area contributed by atoms with Gasteiger partial charge in [0.25, 0.3) is 11.1 Å². The highest BCUT2D eigenvalue weighted by atomic mass is 32.2. The number of nitrogens with zero attached hydrogens (tertiary/aromatic N) is 2. The summed E-state index contributed by atoms with van der Waals surface area (Å²) in [5.41, 5.74) is 3.91. The number of imide groups is 1. The maximum Gasteiger partial charge on any atom is 0.294 e. The molecule has 34 heavy (non-hydrogen) atoms. The Morgan fingerprint density at radius 2 is 1.91 bits per heavy atom. The average Bonchev–Trinajstić information content (AvgIpc) is 3.05. The molecule has 4 rings (SSSR count). The minimum atomic E-state index is -0.455. The van der Waals surface area contributed by atoms with E-state index in [1.807, 2.05) is 6.07 Å². The fourth-order valence-corrected chi connectivity index (χ4v) is 5.33. The number of carbonyl (C=O) groups excluding carboxylic acids is 3. The summed E-state index contributed by atoms with van der Waals surface area (Å²) in [4.78, 5) is 41.4. The molecule has 1 fully saturated rings. The van der Waals surface area contributed by atoms with Crippen molar-refractivity contribution in [1.82, 2.24) is 4.90 Å². The molecule has 0 spiro atoms. The van der Waals surface area contributed by atoms with Gasteiger partial charge in [0.1, 0.15) is 12.3 Å². The number of anilines is 2. The van der Waals surface area contributed by atoms with Gasteiger partial charge in [0.15, 0.2) is 0 Å². The topological polar surface area (TPSA) is 79.0 Å². The summed E-state index contributed by atoms with van der Waals surface area (Å²) in [5.74, 6) is 0.151. The van der Waals surface area contributed by atoms with Crippen LogP contribution in [0.15, 0.2) is 47.4 Å². The number of nitrogens with one attached hydrogen (secondary N) is 1. The summed E-state index contributed by atoms with van der Waals surface area (Å²) in [6.45, 7) is 6.35. The van der Waals surface area contributed by atoms with Crippen LogP contribution in [0.3, 0.4) is 0 Å². The van der Waals surface area contributed by atoms with Crippen LogP contribution in [0, 0.1) is 0 Å². The van der Waals surface area contributed by atoms with Crippen LogP contribution < -0.4 is 15.0 Å². The first kappa shape index (κ1) is 23.9. The van der Waals surface area contributed by atoms with E-state index in [1.54, 1.807) is 37.5 Å². The molecule has 1 N–H and O–H groups in total. The number of fused-ring (bicyclic) bond motifs is 1. The fourth-order valence-electron chi connectivity index (χ4n) is 4.49. The Hall–Kier alpha value is -3.26. The van der Waals surface area contributed by atoms with Crippen LogP contribution in [-0.2, 0) is 9.59 Å². The maximum atomic E-state index is 12.9. The molecule has 2 aromatic rings. The van der Waals surface area contributed by atoms with Gasteiger partial charge >= 0.3 is 0 Å². The van der Waals surface area contributed by atoms with Crippen molar-refractivity contribution in [3.8, 4) is 5.75 Å². The molecule has 0 saturated carbocycles. The van der Waals surface area contributed by atoms with E-state index in [0.29, 0.717) is 22.3 Å². The lowest BCUT2D eigenvalue weighted by atomic mass is 9.80. The Bertz CT molecular complexity index is 1170. The molecule has 1 saturated heterocycles. The number of benzene rings is 2. The lowest BCUT2D eigenvalue weighted by Gasteiger charge is -2.45. The highest BCUT2D eigenvalue weighted by Crippen LogP contribution is 2.43. The second kappa shape index (κ2) is 9.18. The van der Waals surface area contributed by atoms with Crippen molar-refractivity contribution in [2.75, 3.05) is 30.9 Å². The van der Waals surface area contributed by atoms with E-state index in [1.165, 1.54) is 11.3 Å². The number of amides is 3. The zero-order valence-corrected chi connectivity index (χ0v) is 20.9. The Labute approximate surface area is 204 Å². The summed E-state index contributed by atoms with van der Waals surface area (Å²) in [6.07, 6.45) is 2.76. The van der Waals surface area contributed by atoms with Crippen LogP contribution in [0.5, 0.6) is 5.75 Å². The van der Waals surface area contributed by atoms with E-state index in [4.69, 9.17) is 4.74 Å². The normalized spacial score (nSPS) is 20.5. The number of carbonyl (C=O) groups is 3. The number of methoxy groups -OCH3 is 1. The first-order chi connectivity index (χ1) is 16.1. The van der Waals surface area contributed by atoms with E-state index < -0.39 is 17.1 Å². The van der Waals surface area contributed by atoms with Gasteiger partial charge in [-0.2, -0.15) is 0 Å². The second-order valence-corrected chi connectivity index (χ2v) is 10.3. The van der Waals surface area contributed by atoms with Gasteiger partial charge in [-0.1, -0.05) is 13.0 Å².